The number of anilines is 1. The lowest BCUT2D eigenvalue weighted by Crippen LogP contribution is -2.19. The number of benzene rings is 1. The molecular formula is C11H14F2N2. The molecule has 0 radical (unpaired) electrons. The van der Waals surface area contributed by atoms with Crippen molar-refractivity contribution < 1.29 is 8.78 Å². The highest BCUT2D eigenvalue weighted by molar-refractivity contribution is 5.58. The van der Waals surface area contributed by atoms with Crippen LogP contribution in [0.2, 0.25) is 0 Å². The van der Waals surface area contributed by atoms with Crippen LogP contribution < -0.4 is 10.6 Å². The van der Waals surface area contributed by atoms with Gasteiger partial charge in [-0.05, 0) is 23.6 Å². The number of halogens is 2. The first-order valence-electron chi connectivity index (χ1n) is 4.97. The topological polar surface area (TPSA) is 29.3 Å². The Bertz CT molecular complexity index is 366. The van der Waals surface area contributed by atoms with Gasteiger partial charge in [-0.15, -0.1) is 0 Å². The number of nitrogens with zero attached hydrogens (tertiary/aromatic N) is 1. The van der Waals surface area contributed by atoms with Crippen LogP contribution in [0.4, 0.5) is 14.5 Å². The molecule has 2 nitrogen and oxygen atoms in total. The van der Waals surface area contributed by atoms with Crippen molar-refractivity contribution in [2.24, 2.45) is 5.73 Å². The second-order valence-electron chi connectivity index (χ2n) is 3.92. The second-order valence-corrected chi connectivity index (χ2v) is 3.92. The first-order chi connectivity index (χ1) is 7.09. The van der Waals surface area contributed by atoms with Gasteiger partial charge in [-0.3, -0.25) is 0 Å². The third-order valence-corrected chi connectivity index (χ3v) is 2.89. The molecule has 0 saturated carbocycles. The van der Waals surface area contributed by atoms with E-state index in [1.807, 2.05) is 13.1 Å². The molecule has 1 aromatic carbocycles. The number of hydrogen-bond donors (Lipinski definition) is 1. The van der Waals surface area contributed by atoms with Crippen LogP contribution in [0, 0.1) is 0 Å². The van der Waals surface area contributed by atoms with Crippen molar-refractivity contribution in [3.63, 3.8) is 0 Å². The lowest BCUT2D eigenvalue weighted by atomic mass is 10.0. The van der Waals surface area contributed by atoms with E-state index in [1.54, 1.807) is 12.1 Å². The predicted molar refractivity (Wildman–Crippen MR) is 56.3 cm³/mol. The fourth-order valence-corrected chi connectivity index (χ4v) is 1.94. The molecule has 0 aromatic heterocycles. The zero-order valence-electron chi connectivity index (χ0n) is 8.58. The summed E-state index contributed by atoms with van der Waals surface area (Å²) >= 11 is 0. The van der Waals surface area contributed by atoms with E-state index < -0.39 is 12.5 Å². The Hall–Kier alpha value is -1.16. The molecule has 82 valence electrons. The highest BCUT2D eigenvalue weighted by Gasteiger charge is 2.21. The van der Waals surface area contributed by atoms with Crippen LogP contribution in [0.15, 0.2) is 18.2 Å². The summed E-state index contributed by atoms with van der Waals surface area (Å²) in [5.41, 5.74) is 8.17. The number of hydrogen-bond acceptors (Lipinski definition) is 2. The van der Waals surface area contributed by atoms with Crippen molar-refractivity contribution in [2.75, 3.05) is 18.5 Å². The van der Waals surface area contributed by atoms with Gasteiger partial charge >= 0.3 is 0 Å². The van der Waals surface area contributed by atoms with Crippen LogP contribution in [0.1, 0.15) is 17.2 Å². The minimum Gasteiger partial charge on any atom is -0.374 e. The monoisotopic (exact) mass is 212 g/mol. The van der Waals surface area contributed by atoms with Gasteiger partial charge in [-0.1, -0.05) is 12.1 Å². The average molecular weight is 212 g/mol. The SMILES string of the molecule is CN1CCc2cc(C(N)C(F)F)ccc21. The first kappa shape index (κ1) is 10.4. The second kappa shape index (κ2) is 3.77. The Morgan fingerprint density at radius 1 is 1.40 bits per heavy atom. The highest BCUT2D eigenvalue weighted by Crippen LogP contribution is 2.30. The van der Waals surface area contributed by atoms with Crippen LogP contribution in [-0.2, 0) is 6.42 Å². The van der Waals surface area contributed by atoms with E-state index in [2.05, 4.69) is 4.90 Å². The zero-order chi connectivity index (χ0) is 11.0. The Balaban J connectivity index is 2.30. The molecule has 2 N–H and O–H groups in total. The molecule has 1 aromatic rings. The van der Waals surface area contributed by atoms with Gasteiger partial charge in [0.25, 0.3) is 6.43 Å². The summed E-state index contributed by atoms with van der Waals surface area (Å²) in [5.74, 6) is 0. The number of likely N-dealkylation sites (N-methyl/N-ethyl adjacent to an activating group) is 1. The molecular weight excluding hydrogens is 198 g/mol. The minimum absolute atomic E-state index is 0.527. The average Bonchev–Trinajstić information content (AvgIpc) is 2.59. The molecule has 15 heavy (non-hydrogen) atoms. The molecule has 1 atom stereocenters. The van der Waals surface area contributed by atoms with Gasteiger partial charge in [0.05, 0.1) is 6.04 Å². The quantitative estimate of drug-likeness (QED) is 0.811. The molecule has 0 saturated heterocycles. The van der Waals surface area contributed by atoms with Crippen LogP contribution >= 0.6 is 0 Å². The molecule has 4 heteroatoms. The molecule has 0 amide bonds. The first-order valence-corrected chi connectivity index (χ1v) is 4.97. The van der Waals surface area contributed by atoms with Gasteiger partial charge in [0.1, 0.15) is 0 Å². The van der Waals surface area contributed by atoms with Crippen LogP contribution in [0.5, 0.6) is 0 Å². The van der Waals surface area contributed by atoms with E-state index >= 15 is 0 Å². The van der Waals surface area contributed by atoms with E-state index in [1.165, 1.54) is 0 Å². The molecule has 0 aliphatic carbocycles. The van der Waals surface area contributed by atoms with Crippen molar-refractivity contribution in [1.29, 1.82) is 0 Å². The van der Waals surface area contributed by atoms with Crippen LogP contribution in [0.25, 0.3) is 0 Å². The number of rotatable bonds is 2. The molecule has 1 aliphatic heterocycles. The fraction of sp³-hybridized carbons (Fsp3) is 0.455. The Morgan fingerprint density at radius 2 is 2.13 bits per heavy atom. The van der Waals surface area contributed by atoms with Gasteiger partial charge in [0, 0.05) is 19.3 Å². The molecule has 0 spiro atoms. The summed E-state index contributed by atoms with van der Waals surface area (Å²) in [6, 6.07) is 4.20. The molecule has 0 fully saturated rings. The lowest BCUT2D eigenvalue weighted by Gasteiger charge is -2.14. The minimum atomic E-state index is -2.50. The summed E-state index contributed by atoms with van der Waals surface area (Å²) in [7, 11) is 2.00. The normalized spacial score (nSPS) is 17.0. The van der Waals surface area contributed by atoms with E-state index in [4.69, 9.17) is 5.73 Å². The zero-order valence-corrected chi connectivity index (χ0v) is 8.58. The van der Waals surface area contributed by atoms with Crippen LogP contribution in [0.3, 0.4) is 0 Å². The Kier molecular flexibility index (Phi) is 2.61. The standard InChI is InChI=1S/C11H14F2N2/c1-15-5-4-7-6-8(2-3-9(7)15)10(14)11(12)13/h2-3,6,10-11H,4-5,14H2,1H3. The molecule has 1 unspecified atom stereocenters. The summed E-state index contributed by atoms with van der Waals surface area (Å²) in [6.45, 7) is 0.947. The van der Waals surface area contributed by atoms with Gasteiger partial charge in [0.2, 0.25) is 0 Å². The fourth-order valence-electron chi connectivity index (χ4n) is 1.94. The van der Waals surface area contributed by atoms with E-state index in [0.717, 1.165) is 24.2 Å². The number of fused-ring (bicyclic) bond motifs is 1. The predicted octanol–water partition coefficient (Wildman–Crippen LogP) is 1.94. The van der Waals surface area contributed by atoms with E-state index in [9.17, 15) is 8.78 Å². The summed E-state index contributed by atoms with van der Waals surface area (Å²) in [6.07, 6.45) is -1.59. The van der Waals surface area contributed by atoms with Gasteiger partial charge in [-0.2, -0.15) is 0 Å². The van der Waals surface area contributed by atoms with E-state index in [-0.39, 0.29) is 0 Å². The summed E-state index contributed by atoms with van der Waals surface area (Å²) in [5, 5.41) is 0. The Labute approximate surface area is 87.7 Å². The van der Waals surface area contributed by atoms with Crippen molar-refractivity contribution in [2.45, 2.75) is 18.9 Å². The summed E-state index contributed by atoms with van der Waals surface area (Å²) < 4.78 is 24.8. The third kappa shape index (κ3) is 1.81. The maximum Gasteiger partial charge on any atom is 0.257 e. The summed E-state index contributed by atoms with van der Waals surface area (Å²) in [4.78, 5) is 2.12. The number of nitrogens with two attached hydrogens (primary N) is 1. The van der Waals surface area contributed by atoms with Gasteiger partial charge in [0.15, 0.2) is 0 Å². The van der Waals surface area contributed by atoms with Crippen molar-refractivity contribution >= 4 is 5.69 Å². The lowest BCUT2D eigenvalue weighted by molar-refractivity contribution is 0.116. The smallest absolute Gasteiger partial charge is 0.257 e. The molecule has 0 bridgehead atoms. The van der Waals surface area contributed by atoms with Gasteiger partial charge in [-0.25, -0.2) is 8.78 Å². The highest BCUT2D eigenvalue weighted by atomic mass is 19.3. The maximum absolute atomic E-state index is 12.4. The maximum atomic E-state index is 12.4. The third-order valence-electron chi connectivity index (χ3n) is 2.89. The Morgan fingerprint density at radius 3 is 2.80 bits per heavy atom. The van der Waals surface area contributed by atoms with Crippen molar-refractivity contribution in [1.82, 2.24) is 0 Å². The molecule has 2 rings (SSSR count). The van der Waals surface area contributed by atoms with Crippen molar-refractivity contribution in [3.8, 4) is 0 Å². The van der Waals surface area contributed by atoms with E-state index in [0.29, 0.717) is 5.56 Å². The molecule has 1 aliphatic rings. The van der Waals surface area contributed by atoms with Crippen molar-refractivity contribution in [3.05, 3.63) is 29.3 Å². The molecule has 1 heterocycles. The largest absolute Gasteiger partial charge is 0.374 e. The van der Waals surface area contributed by atoms with Crippen LogP contribution in [-0.4, -0.2) is 20.0 Å². The number of alkyl halides is 2. The van der Waals surface area contributed by atoms with Gasteiger partial charge < -0.3 is 10.6 Å².